The second kappa shape index (κ2) is 20.3. The second-order valence-corrected chi connectivity index (χ2v) is 19.4. The van der Waals surface area contributed by atoms with Gasteiger partial charge in [-0.25, -0.2) is 0 Å². The van der Waals surface area contributed by atoms with Crippen LogP contribution in [-0.2, 0) is 15.6 Å². The smallest absolute Gasteiger partial charge is 0.163 e. The number of aliphatic hydroxyl groups excluding tert-OH is 1. The minimum absolute atomic E-state index is 0.0360. The fourth-order valence-electron chi connectivity index (χ4n) is 11.9. The minimum atomic E-state index is -0.666. The van der Waals surface area contributed by atoms with Gasteiger partial charge in [0.05, 0.1) is 16.7 Å². The van der Waals surface area contributed by atoms with Crippen LogP contribution in [0.4, 0.5) is 0 Å². The third-order valence-corrected chi connectivity index (χ3v) is 15.1. The minimum Gasteiger partial charge on any atom is -0.512 e. The highest BCUT2D eigenvalue weighted by atomic mass is 16.3. The van der Waals surface area contributed by atoms with Gasteiger partial charge in [-0.3, -0.25) is 9.78 Å². The van der Waals surface area contributed by atoms with Crippen LogP contribution in [0.15, 0.2) is 164 Å². The molecule has 0 bridgehead atoms. The molecule has 6 aromatic carbocycles. The molecule has 3 nitrogen and oxygen atoms in total. The molecule has 1 unspecified atom stereocenters. The number of ketones is 1. The lowest BCUT2D eigenvalue weighted by Gasteiger charge is -2.35. The Balaban J connectivity index is 1.23. The molecule has 9 rings (SSSR count). The van der Waals surface area contributed by atoms with Gasteiger partial charge in [0.15, 0.2) is 5.78 Å². The molecular formula is C64H67NO2. The maximum absolute atomic E-state index is 12.9. The Hall–Kier alpha value is -6.32. The first-order valence-corrected chi connectivity index (χ1v) is 25.3. The molecule has 340 valence electrons. The Morgan fingerprint density at radius 3 is 1.63 bits per heavy atom. The van der Waals surface area contributed by atoms with E-state index in [1.165, 1.54) is 147 Å². The number of carbonyl (C=O) groups is 1. The molecule has 7 aromatic rings. The number of unbranched alkanes of at least 4 members (excludes halogenated alkanes) is 10. The number of pyridine rings is 1. The van der Waals surface area contributed by atoms with Gasteiger partial charge in [-0.2, -0.15) is 0 Å². The van der Waals surface area contributed by atoms with E-state index in [1.54, 1.807) is 6.92 Å². The summed E-state index contributed by atoms with van der Waals surface area (Å²) in [6.07, 6.45) is 19.7. The third kappa shape index (κ3) is 8.63. The van der Waals surface area contributed by atoms with Gasteiger partial charge in [-0.1, -0.05) is 212 Å². The zero-order valence-electron chi connectivity index (χ0n) is 40.2. The second-order valence-electron chi connectivity index (χ2n) is 19.4. The molecule has 0 saturated heterocycles. The van der Waals surface area contributed by atoms with Crippen LogP contribution in [-0.4, -0.2) is 15.9 Å². The number of aromatic nitrogens is 1. The van der Waals surface area contributed by atoms with Crippen molar-refractivity contribution in [3.8, 4) is 44.6 Å². The monoisotopic (exact) mass is 882 g/mol. The van der Waals surface area contributed by atoms with Crippen molar-refractivity contribution in [1.82, 2.24) is 4.98 Å². The van der Waals surface area contributed by atoms with E-state index in [4.69, 9.17) is 0 Å². The molecule has 1 aromatic heterocycles. The van der Waals surface area contributed by atoms with E-state index in [1.807, 2.05) is 30.5 Å². The fraction of sp³-hybridized carbons (Fsp3) is 0.312. The number of hydrogen-bond donors (Lipinski definition) is 1. The number of carbonyl (C=O) groups excluding carboxylic acids is 1. The predicted molar refractivity (Wildman–Crippen MR) is 281 cm³/mol. The molecule has 1 heterocycles. The van der Waals surface area contributed by atoms with Crippen LogP contribution in [0.3, 0.4) is 0 Å². The summed E-state index contributed by atoms with van der Waals surface area (Å²) in [4.78, 5) is 17.5. The van der Waals surface area contributed by atoms with Crippen molar-refractivity contribution in [3.05, 3.63) is 203 Å². The Labute approximate surface area is 400 Å². The van der Waals surface area contributed by atoms with E-state index in [-0.39, 0.29) is 17.0 Å². The number of Topliss-reactive ketones (excluding diaryl/α,β-unsaturated/α-hetero) is 1. The van der Waals surface area contributed by atoms with Crippen LogP contribution in [0.5, 0.6) is 0 Å². The average molecular weight is 882 g/mol. The number of rotatable bonds is 20. The van der Waals surface area contributed by atoms with Gasteiger partial charge in [0.25, 0.3) is 0 Å². The van der Waals surface area contributed by atoms with Gasteiger partial charge in [0, 0.05) is 17.2 Å². The van der Waals surface area contributed by atoms with Crippen LogP contribution in [0.2, 0.25) is 0 Å². The Morgan fingerprint density at radius 2 is 1.01 bits per heavy atom. The van der Waals surface area contributed by atoms with Crippen LogP contribution in [0.1, 0.15) is 157 Å². The van der Waals surface area contributed by atoms with Crippen LogP contribution in [0, 0.1) is 0 Å². The number of nitrogens with zero attached hydrogens (tertiary/aromatic N) is 1. The normalized spacial score (nSPS) is 15.6. The molecule has 3 heteroatoms. The SMILES string of the molecule is CCCCCCCCC1(CCCCCCCC)c2ccccc2-c2cc3c(cc21)-c1ccccc1C3(c1ccc(C(C(C)=O)=C(C)O)cc1)c1ccc(-c2cccc(-c3ccccn3)c2)cc1. The van der Waals surface area contributed by atoms with Crippen molar-refractivity contribution in [2.75, 3.05) is 0 Å². The Morgan fingerprint density at radius 1 is 0.478 bits per heavy atom. The highest BCUT2D eigenvalue weighted by Gasteiger charge is 2.50. The standard InChI is InChI=1S/C64H67NO2/c1-5-7-9-11-13-20-39-63(40-21-14-12-10-8-6-2)57-28-17-15-26-53(57)55-44-60-56(43-59(55)63)54-27-16-18-29-58(54)64(60,52-37-33-48(34-38-52)62(45(3)66)46(4)67)51-35-31-47(32-36-51)49-24-23-25-50(42-49)61-30-19-22-41-65-61/h15-19,22-38,41-44,66H,5-14,20-21,39-40H2,1-4H3. The molecule has 0 saturated carbocycles. The van der Waals surface area contributed by atoms with Gasteiger partial charge in [0.1, 0.15) is 5.76 Å². The zero-order valence-corrected chi connectivity index (χ0v) is 40.2. The summed E-state index contributed by atoms with van der Waals surface area (Å²) in [6, 6.07) is 56.1. The lowest BCUT2D eigenvalue weighted by Crippen LogP contribution is -2.29. The largest absolute Gasteiger partial charge is 0.512 e. The van der Waals surface area contributed by atoms with Crippen molar-refractivity contribution in [3.63, 3.8) is 0 Å². The van der Waals surface area contributed by atoms with Crippen molar-refractivity contribution in [2.24, 2.45) is 0 Å². The zero-order chi connectivity index (χ0) is 46.4. The molecule has 0 radical (unpaired) electrons. The number of benzene rings is 6. The Kier molecular flexibility index (Phi) is 13.9. The first kappa shape index (κ1) is 45.8. The van der Waals surface area contributed by atoms with Crippen LogP contribution in [0.25, 0.3) is 50.2 Å². The van der Waals surface area contributed by atoms with Crippen molar-refractivity contribution in [2.45, 2.75) is 128 Å². The summed E-state index contributed by atoms with van der Waals surface area (Å²) in [5.74, 6) is -0.116. The maximum Gasteiger partial charge on any atom is 0.163 e. The van der Waals surface area contributed by atoms with Crippen LogP contribution < -0.4 is 0 Å². The highest BCUT2D eigenvalue weighted by Crippen LogP contribution is 2.62. The van der Waals surface area contributed by atoms with Gasteiger partial charge in [-0.05, 0) is 129 Å². The Bertz CT molecular complexity index is 2850. The van der Waals surface area contributed by atoms with Gasteiger partial charge in [0.2, 0.25) is 0 Å². The van der Waals surface area contributed by atoms with Gasteiger partial charge in [-0.15, -0.1) is 0 Å². The number of hydrogen-bond acceptors (Lipinski definition) is 3. The van der Waals surface area contributed by atoms with Crippen molar-refractivity contribution >= 4 is 11.4 Å². The highest BCUT2D eigenvalue weighted by molar-refractivity contribution is 6.20. The quantitative estimate of drug-likeness (QED) is 0.0471. The van der Waals surface area contributed by atoms with E-state index in [0.29, 0.717) is 5.57 Å². The lowest BCUT2D eigenvalue weighted by atomic mass is 9.66. The molecule has 1 atom stereocenters. The van der Waals surface area contributed by atoms with Crippen molar-refractivity contribution < 1.29 is 9.90 Å². The number of allylic oxidation sites excluding steroid dienone is 2. The summed E-state index contributed by atoms with van der Waals surface area (Å²) >= 11 is 0. The molecule has 67 heavy (non-hydrogen) atoms. The number of aliphatic hydroxyl groups is 1. The molecule has 0 spiro atoms. The van der Waals surface area contributed by atoms with E-state index in [9.17, 15) is 9.90 Å². The lowest BCUT2D eigenvalue weighted by molar-refractivity contribution is -0.111. The predicted octanol–water partition coefficient (Wildman–Crippen LogP) is 17.4. The molecule has 0 aliphatic heterocycles. The van der Waals surface area contributed by atoms with Gasteiger partial charge < -0.3 is 5.11 Å². The molecule has 2 aliphatic rings. The molecule has 0 amide bonds. The first-order chi connectivity index (χ1) is 32.8. The fourth-order valence-corrected chi connectivity index (χ4v) is 11.9. The summed E-state index contributed by atoms with van der Waals surface area (Å²) in [5, 5.41) is 10.7. The summed E-state index contributed by atoms with van der Waals surface area (Å²) in [7, 11) is 0. The first-order valence-electron chi connectivity index (χ1n) is 25.3. The van der Waals surface area contributed by atoms with E-state index in [0.717, 1.165) is 33.5 Å². The molecule has 2 aliphatic carbocycles. The molecular weight excluding hydrogens is 815 g/mol. The van der Waals surface area contributed by atoms with E-state index >= 15 is 0 Å². The third-order valence-electron chi connectivity index (χ3n) is 15.1. The van der Waals surface area contributed by atoms with E-state index in [2.05, 4.69) is 146 Å². The average Bonchev–Trinajstić information content (AvgIpc) is 3.80. The topological polar surface area (TPSA) is 50.2 Å². The summed E-state index contributed by atoms with van der Waals surface area (Å²) in [6.45, 7) is 7.74. The van der Waals surface area contributed by atoms with Crippen LogP contribution >= 0.6 is 0 Å². The maximum atomic E-state index is 12.9. The molecule has 0 fully saturated rings. The molecule has 1 N–H and O–H groups in total. The summed E-state index contributed by atoms with van der Waals surface area (Å²) in [5.41, 5.74) is 17.9. The van der Waals surface area contributed by atoms with E-state index < -0.39 is 5.41 Å². The van der Waals surface area contributed by atoms with Gasteiger partial charge >= 0.3 is 0 Å². The van der Waals surface area contributed by atoms with Crippen molar-refractivity contribution in [1.29, 1.82) is 0 Å². The summed E-state index contributed by atoms with van der Waals surface area (Å²) < 4.78 is 0. The number of fused-ring (bicyclic) bond motifs is 6.